The van der Waals surface area contributed by atoms with E-state index >= 15 is 0 Å². The summed E-state index contributed by atoms with van der Waals surface area (Å²) in [6.07, 6.45) is 1.49. The number of nitrogens with zero attached hydrogens (tertiary/aromatic N) is 1. The van der Waals surface area contributed by atoms with Gasteiger partial charge in [0.1, 0.15) is 11.6 Å². The van der Waals surface area contributed by atoms with E-state index in [0.717, 1.165) is 22.2 Å². The largest absolute Gasteiger partial charge is 0.256 e. The number of hydrogen-bond donors (Lipinski definition) is 1. The van der Waals surface area contributed by atoms with Crippen LogP contribution in [-0.2, 0) is 10.0 Å². The first-order valence-corrected chi connectivity index (χ1v) is 9.34. The molecule has 0 aliphatic rings. The first kappa shape index (κ1) is 17.7. The smallest absolute Gasteiger partial charge is 0.243 e. The summed E-state index contributed by atoms with van der Waals surface area (Å²) in [4.78, 5) is 3.04. The van der Waals surface area contributed by atoms with E-state index in [1.165, 1.54) is 6.20 Å². The maximum atomic E-state index is 14.1. The van der Waals surface area contributed by atoms with Crippen molar-refractivity contribution >= 4 is 26.0 Å². The Hall–Kier alpha value is -2.16. The summed E-state index contributed by atoms with van der Waals surface area (Å²) in [7, 11) is -4.51. The Bertz CT molecular complexity index is 1030. The van der Waals surface area contributed by atoms with E-state index in [0.29, 0.717) is 11.3 Å². The van der Waals surface area contributed by atoms with Gasteiger partial charge in [-0.2, -0.15) is 0 Å². The van der Waals surface area contributed by atoms with Crippen molar-refractivity contribution in [2.24, 2.45) is 5.14 Å². The molecule has 0 unspecified atom stereocenters. The molecule has 0 atom stereocenters. The molecule has 0 radical (unpaired) electrons. The fourth-order valence-electron chi connectivity index (χ4n) is 2.47. The van der Waals surface area contributed by atoms with Crippen LogP contribution < -0.4 is 5.14 Å². The molecule has 8 heteroatoms. The lowest BCUT2D eigenvalue weighted by molar-refractivity contribution is 0.520. The second-order valence-corrected chi connectivity index (χ2v) is 7.63. The van der Waals surface area contributed by atoms with Crippen LogP contribution in [0.15, 0.2) is 64.1 Å². The number of nitrogens with two attached hydrogens (primary N) is 1. The van der Waals surface area contributed by atoms with Crippen LogP contribution in [0.5, 0.6) is 0 Å². The minimum Gasteiger partial charge on any atom is -0.256 e. The van der Waals surface area contributed by atoms with Gasteiger partial charge in [0.15, 0.2) is 4.90 Å². The van der Waals surface area contributed by atoms with Crippen molar-refractivity contribution in [1.29, 1.82) is 0 Å². The maximum Gasteiger partial charge on any atom is 0.243 e. The van der Waals surface area contributed by atoms with Gasteiger partial charge in [-0.1, -0.05) is 34.1 Å². The normalized spacial score (nSPS) is 11.5. The first-order chi connectivity index (χ1) is 11.8. The molecule has 2 aromatic carbocycles. The molecule has 0 aliphatic heterocycles. The molecule has 3 aromatic rings. The monoisotopic (exact) mass is 424 g/mol. The molecule has 0 saturated carbocycles. The highest BCUT2D eigenvalue weighted by atomic mass is 79.9. The summed E-state index contributed by atoms with van der Waals surface area (Å²) >= 11 is 3.34. The fraction of sp³-hybridized carbons (Fsp3) is 0. The molecule has 0 spiro atoms. The van der Waals surface area contributed by atoms with Crippen molar-refractivity contribution in [3.63, 3.8) is 0 Å². The zero-order chi connectivity index (χ0) is 18.2. The molecule has 25 heavy (non-hydrogen) atoms. The van der Waals surface area contributed by atoms with Gasteiger partial charge >= 0.3 is 0 Å². The molecule has 0 aliphatic carbocycles. The second-order valence-electron chi connectivity index (χ2n) is 5.22. The summed E-state index contributed by atoms with van der Waals surface area (Å²) in [6.45, 7) is 0. The molecule has 4 nitrogen and oxygen atoms in total. The Morgan fingerprint density at radius 3 is 2.12 bits per heavy atom. The molecule has 0 amide bonds. The van der Waals surface area contributed by atoms with E-state index in [2.05, 4.69) is 20.9 Å². The molecule has 1 aromatic heterocycles. The summed E-state index contributed by atoms with van der Waals surface area (Å²) in [6, 6.07) is 12.6. The highest BCUT2D eigenvalue weighted by Gasteiger charge is 2.22. The zero-order valence-electron chi connectivity index (χ0n) is 12.6. The van der Waals surface area contributed by atoms with Gasteiger partial charge in [0.25, 0.3) is 0 Å². The maximum absolute atomic E-state index is 14.1. The third kappa shape index (κ3) is 3.60. The van der Waals surface area contributed by atoms with E-state index in [1.54, 1.807) is 12.1 Å². The number of sulfonamides is 1. The molecule has 0 bridgehead atoms. The quantitative estimate of drug-likeness (QED) is 0.687. The van der Waals surface area contributed by atoms with Crippen LogP contribution in [0.2, 0.25) is 0 Å². The van der Waals surface area contributed by atoms with Gasteiger partial charge in [-0.25, -0.2) is 22.3 Å². The predicted octanol–water partition coefficient (Wildman–Crippen LogP) is 4.10. The lowest BCUT2D eigenvalue weighted by Crippen LogP contribution is -2.16. The van der Waals surface area contributed by atoms with Gasteiger partial charge in [0, 0.05) is 21.8 Å². The number of primary sulfonamides is 1. The molecular formula is C17H11BrF2N2O2S. The van der Waals surface area contributed by atoms with E-state index in [-0.39, 0.29) is 5.56 Å². The molecule has 0 fully saturated rings. The number of aromatic nitrogens is 1. The molecule has 2 N–H and O–H groups in total. The van der Waals surface area contributed by atoms with E-state index in [4.69, 9.17) is 5.14 Å². The van der Waals surface area contributed by atoms with E-state index in [1.807, 2.05) is 24.3 Å². The number of hydrogen-bond acceptors (Lipinski definition) is 3. The van der Waals surface area contributed by atoms with Crippen molar-refractivity contribution < 1.29 is 17.2 Å². The van der Waals surface area contributed by atoms with E-state index in [9.17, 15) is 17.2 Å². The molecule has 1 heterocycles. The highest BCUT2D eigenvalue weighted by molar-refractivity contribution is 9.10. The average molecular weight is 425 g/mol. The fourth-order valence-corrected chi connectivity index (χ4v) is 3.39. The number of benzene rings is 2. The van der Waals surface area contributed by atoms with Crippen molar-refractivity contribution in [3.05, 3.63) is 70.8 Å². The van der Waals surface area contributed by atoms with Gasteiger partial charge in [-0.05, 0) is 35.9 Å². The lowest BCUT2D eigenvalue weighted by Gasteiger charge is -2.11. The molecular weight excluding hydrogens is 414 g/mol. The van der Waals surface area contributed by atoms with Crippen LogP contribution in [0.3, 0.4) is 0 Å². The SMILES string of the molecule is NS(=O)(=O)c1c(F)cc(-c2ncccc2-c2ccc(Br)cc2)cc1F. The number of pyridine rings is 1. The Labute approximate surface area is 151 Å². The standard InChI is InChI=1S/C17H11BrF2N2O2S/c18-12-5-3-10(4-6-12)13-2-1-7-22-16(13)11-8-14(19)17(15(20)9-11)25(21,23)24/h1-9H,(H2,21,23,24). The molecule has 128 valence electrons. The Kier molecular flexibility index (Phi) is 4.68. The summed E-state index contributed by atoms with van der Waals surface area (Å²) in [5.41, 5.74) is 1.88. The summed E-state index contributed by atoms with van der Waals surface area (Å²) in [5.74, 6) is -2.52. The van der Waals surface area contributed by atoms with Crippen molar-refractivity contribution in [1.82, 2.24) is 4.98 Å². The first-order valence-electron chi connectivity index (χ1n) is 7.00. The van der Waals surface area contributed by atoms with Crippen molar-refractivity contribution in [2.75, 3.05) is 0 Å². The van der Waals surface area contributed by atoms with Gasteiger partial charge in [0.05, 0.1) is 5.69 Å². The second kappa shape index (κ2) is 6.62. The molecule has 0 saturated heterocycles. The third-order valence-electron chi connectivity index (χ3n) is 3.52. The van der Waals surface area contributed by atoms with Crippen molar-refractivity contribution in [2.45, 2.75) is 4.90 Å². The predicted molar refractivity (Wildman–Crippen MR) is 94.1 cm³/mol. The van der Waals surface area contributed by atoms with Crippen LogP contribution >= 0.6 is 15.9 Å². The van der Waals surface area contributed by atoms with Gasteiger partial charge in [0.2, 0.25) is 10.0 Å². The van der Waals surface area contributed by atoms with Gasteiger partial charge in [-0.15, -0.1) is 0 Å². The van der Waals surface area contributed by atoms with Crippen LogP contribution in [-0.4, -0.2) is 13.4 Å². The van der Waals surface area contributed by atoms with Gasteiger partial charge in [-0.3, -0.25) is 4.98 Å². The number of halogens is 3. The van der Waals surface area contributed by atoms with Crippen LogP contribution in [0.4, 0.5) is 8.78 Å². The lowest BCUT2D eigenvalue weighted by atomic mass is 9.99. The minimum atomic E-state index is -4.51. The van der Waals surface area contributed by atoms with Crippen LogP contribution in [0.25, 0.3) is 22.4 Å². The van der Waals surface area contributed by atoms with Crippen LogP contribution in [0, 0.1) is 11.6 Å². The zero-order valence-corrected chi connectivity index (χ0v) is 15.0. The Morgan fingerprint density at radius 1 is 0.960 bits per heavy atom. The van der Waals surface area contributed by atoms with Gasteiger partial charge < -0.3 is 0 Å². The minimum absolute atomic E-state index is 0.112. The van der Waals surface area contributed by atoms with Crippen molar-refractivity contribution in [3.8, 4) is 22.4 Å². The van der Waals surface area contributed by atoms with E-state index < -0.39 is 26.6 Å². The third-order valence-corrected chi connectivity index (χ3v) is 5.01. The average Bonchev–Trinajstić information content (AvgIpc) is 2.53. The Morgan fingerprint density at radius 2 is 1.56 bits per heavy atom. The highest BCUT2D eigenvalue weighted by Crippen LogP contribution is 2.33. The summed E-state index contributed by atoms with van der Waals surface area (Å²) < 4.78 is 51.8. The Balaban J connectivity index is 2.20. The molecule has 3 rings (SSSR count). The summed E-state index contributed by atoms with van der Waals surface area (Å²) in [5, 5.41) is 4.85. The topological polar surface area (TPSA) is 73.1 Å². The van der Waals surface area contributed by atoms with Crippen LogP contribution in [0.1, 0.15) is 0 Å². The number of rotatable bonds is 3.